The van der Waals surface area contributed by atoms with Gasteiger partial charge in [0, 0.05) is 25.3 Å². The first kappa shape index (κ1) is 20.1. The molecule has 5 heteroatoms. The van der Waals surface area contributed by atoms with E-state index in [4.69, 9.17) is 4.74 Å². The normalized spacial score (nSPS) is 16.8. The minimum atomic E-state index is -0.0925. The van der Waals surface area contributed by atoms with Crippen molar-refractivity contribution in [3.63, 3.8) is 0 Å². The molecule has 1 atom stereocenters. The molecule has 1 saturated heterocycles. The zero-order valence-corrected chi connectivity index (χ0v) is 17.3. The molecule has 2 heterocycles. The smallest absolute Gasteiger partial charge is 0.270 e. The Kier molecular flexibility index (Phi) is 6.40. The summed E-state index contributed by atoms with van der Waals surface area (Å²) >= 11 is 0. The summed E-state index contributed by atoms with van der Waals surface area (Å²) in [6.07, 6.45) is 3.73. The van der Waals surface area contributed by atoms with E-state index >= 15 is 0 Å². The van der Waals surface area contributed by atoms with Crippen LogP contribution >= 0.6 is 0 Å². The molecule has 3 aromatic rings. The molecule has 2 aromatic carbocycles. The monoisotopic (exact) mass is 401 g/mol. The number of hydrogen-bond donors (Lipinski definition) is 1. The summed E-state index contributed by atoms with van der Waals surface area (Å²) in [5, 5.41) is 3.14. The summed E-state index contributed by atoms with van der Waals surface area (Å²) in [6, 6.07) is 22.4. The van der Waals surface area contributed by atoms with Gasteiger partial charge in [0.05, 0.1) is 7.11 Å². The van der Waals surface area contributed by atoms with Crippen molar-refractivity contribution >= 4 is 5.91 Å². The number of hydrogen-bond acceptors (Lipinski definition) is 4. The molecule has 1 aliphatic heterocycles. The van der Waals surface area contributed by atoms with Gasteiger partial charge in [0.25, 0.3) is 5.91 Å². The molecule has 30 heavy (non-hydrogen) atoms. The number of likely N-dealkylation sites (tertiary alicyclic amines) is 1. The van der Waals surface area contributed by atoms with E-state index in [-0.39, 0.29) is 11.9 Å². The van der Waals surface area contributed by atoms with Crippen LogP contribution in [0.25, 0.3) is 11.1 Å². The van der Waals surface area contributed by atoms with Gasteiger partial charge in [-0.1, -0.05) is 42.5 Å². The van der Waals surface area contributed by atoms with Crippen molar-refractivity contribution in [2.45, 2.75) is 25.4 Å². The lowest BCUT2D eigenvalue weighted by atomic mass is 10.0. The van der Waals surface area contributed by atoms with E-state index in [1.807, 2.05) is 24.3 Å². The first-order valence-corrected chi connectivity index (χ1v) is 10.4. The van der Waals surface area contributed by atoms with E-state index in [1.165, 1.54) is 11.1 Å². The number of piperidine rings is 1. The van der Waals surface area contributed by atoms with Crippen LogP contribution in [0.1, 0.15) is 28.9 Å². The van der Waals surface area contributed by atoms with E-state index in [2.05, 4.69) is 51.6 Å². The number of carbonyl (C=O) groups is 1. The Hall–Kier alpha value is -3.18. The highest BCUT2D eigenvalue weighted by Crippen LogP contribution is 2.24. The largest absolute Gasteiger partial charge is 0.497 e. The second-order valence-electron chi connectivity index (χ2n) is 7.69. The summed E-state index contributed by atoms with van der Waals surface area (Å²) in [5.74, 6) is 0.772. The first-order valence-electron chi connectivity index (χ1n) is 10.4. The van der Waals surface area contributed by atoms with Crippen LogP contribution in [0.2, 0.25) is 0 Å². The topological polar surface area (TPSA) is 54.5 Å². The van der Waals surface area contributed by atoms with Crippen molar-refractivity contribution in [1.29, 1.82) is 0 Å². The van der Waals surface area contributed by atoms with Crippen molar-refractivity contribution in [3.8, 4) is 16.9 Å². The fourth-order valence-electron chi connectivity index (χ4n) is 3.94. The predicted molar refractivity (Wildman–Crippen MR) is 118 cm³/mol. The summed E-state index contributed by atoms with van der Waals surface area (Å²) in [6.45, 7) is 2.79. The number of ether oxygens (including phenoxy) is 1. The van der Waals surface area contributed by atoms with Gasteiger partial charge >= 0.3 is 0 Å². The van der Waals surface area contributed by atoms with Crippen LogP contribution in [-0.4, -0.2) is 42.0 Å². The van der Waals surface area contributed by atoms with Crippen LogP contribution in [0.3, 0.4) is 0 Å². The van der Waals surface area contributed by atoms with E-state index in [1.54, 1.807) is 19.4 Å². The van der Waals surface area contributed by atoms with Gasteiger partial charge in [-0.15, -0.1) is 0 Å². The zero-order chi connectivity index (χ0) is 20.8. The van der Waals surface area contributed by atoms with Crippen LogP contribution < -0.4 is 10.1 Å². The molecule has 1 unspecified atom stereocenters. The highest BCUT2D eigenvalue weighted by Gasteiger charge is 2.22. The van der Waals surface area contributed by atoms with E-state index in [0.717, 1.165) is 43.8 Å². The number of nitrogens with zero attached hydrogens (tertiary/aromatic N) is 2. The lowest BCUT2D eigenvalue weighted by molar-refractivity contribution is 0.0896. The summed E-state index contributed by atoms with van der Waals surface area (Å²) in [7, 11) is 1.69. The molecular weight excluding hydrogens is 374 g/mol. The number of amides is 1. The second kappa shape index (κ2) is 9.55. The van der Waals surface area contributed by atoms with Gasteiger partial charge in [0.15, 0.2) is 0 Å². The van der Waals surface area contributed by atoms with Crippen LogP contribution in [0.15, 0.2) is 72.9 Å². The zero-order valence-electron chi connectivity index (χ0n) is 17.3. The maximum atomic E-state index is 12.4. The Balaban J connectivity index is 1.35. The number of pyridine rings is 1. The summed E-state index contributed by atoms with van der Waals surface area (Å²) < 4.78 is 5.33. The van der Waals surface area contributed by atoms with Crippen molar-refractivity contribution in [2.24, 2.45) is 0 Å². The molecule has 154 valence electrons. The van der Waals surface area contributed by atoms with Gasteiger partial charge in [0.2, 0.25) is 0 Å². The fourth-order valence-corrected chi connectivity index (χ4v) is 3.94. The van der Waals surface area contributed by atoms with Gasteiger partial charge in [0.1, 0.15) is 11.4 Å². The Bertz CT molecular complexity index is 973. The fraction of sp³-hybridized carbons (Fsp3) is 0.280. The first-order chi connectivity index (χ1) is 14.7. The molecule has 1 aromatic heterocycles. The molecule has 4 rings (SSSR count). The number of nitrogens with one attached hydrogen (secondary N) is 1. The molecule has 5 nitrogen and oxygen atoms in total. The maximum Gasteiger partial charge on any atom is 0.270 e. The third-order valence-corrected chi connectivity index (χ3v) is 5.50. The molecule has 0 bridgehead atoms. The van der Waals surface area contributed by atoms with Gasteiger partial charge < -0.3 is 10.1 Å². The van der Waals surface area contributed by atoms with Crippen molar-refractivity contribution in [3.05, 3.63) is 84.2 Å². The number of carbonyl (C=O) groups excluding carboxylic acids is 1. The van der Waals surface area contributed by atoms with Crippen LogP contribution in [0.4, 0.5) is 0 Å². The SMILES string of the molecule is COc1cccc(-c2ccc(CN3CCCC(NC(=O)c4ccccn4)C3)cc2)c1. The maximum absolute atomic E-state index is 12.4. The molecule has 0 spiro atoms. The number of aromatic nitrogens is 1. The van der Waals surface area contributed by atoms with E-state index in [9.17, 15) is 4.79 Å². The quantitative estimate of drug-likeness (QED) is 0.674. The standard InChI is InChI=1S/C25H27N3O2/c1-30-23-8-4-6-21(16-23)20-12-10-19(11-13-20)17-28-15-5-7-22(18-28)27-25(29)24-9-2-3-14-26-24/h2-4,6,8-14,16,22H,5,7,15,17-18H2,1H3,(H,27,29). The molecular formula is C25H27N3O2. The Morgan fingerprint density at radius 2 is 1.97 bits per heavy atom. The van der Waals surface area contributed by atoms with Crippen molar-refractivity contribution in [2.75, 3.05) is 20.2 Å². The third kappa shape index (κ3) is 5.05. The Labute approximate surface area is 177 Å². The van der Waals surface area contributed by atoms with Gasteiger partial charge in [-0.25, -0.2) is 0 Å². The average molecular weight is 402 g/mol. The molecule has 1 N–H and O–H groups in total. The predicted octanol–water partition coefficient (Wildman–Crippen LogP) is 4.15. The second-order valence-corrected chi connectivity index (χ2v) is 7.69. The van der Waals surface area contributed by atoms with Crippen molar-refractivity contribution < 1.29 is 9.53 Å². The van der Waals surface area contributed by atoms with Crippen LogP contribution in [0, 0.1) is 0 Å². The van der Waals surface area contributed by atoms with Gasteiger partial charge in [-0.3, -0.25) is 14.7 Å². The van der Waals surface area contributed by atoms with E-state index in [0.29, 0.717) is 5.69 Å². The Morgan fingerprint density at radius 1 is 1.10 bits per heavy atom. The highest BCUT2D eigenvalue weighted by atomic mass is 16.5. The average Bonchev–Trinajstić information content (AvgIpc) is 2.80. The Morgan fingerprint density at radius 3 is 2.73 bits per heavy atom. The lowest BCUT2D eigenvalue weighted by Gasteiger charge is -2.33. The van der Waals surface area contributed by atoms with Gasteiger partial charge in [-0.05, 0) is 60.3 Å². The van der Waals surface area contributed by atoms with Crippen LogP contribution in [-0.2, 0) is 6.54 Å². The summed E-state index contributed by atoms with van der Waals surface area (Å²) in [5.41, 5.74) is 4.08. The minimum absolute atomic E-state index is 0.0925. The highest BCUT2D eigenvalue weighted by molar-refractivity contribution is 5.92. The molecule has 1 fully saturated rings. The molecule has 0 saturated carbocycles. The molecule has 0 aliphatic carbocycles. The number of rotatable bonds is 6. The molecule has 1 amide bonds. The number of methoxy groups -OCH3 is 1. The lowest BCUT2D eigenvalue weighted by Crippen LogP contribution is -2.47. The minimum Gasteiger partial charge on any atom is -0.497 e. The van der Waals surface area contributed by atoms with Crippen LogP contribution in [0.5, 0.6) is 5.75 Å². The molecule has 0 radical (unpaired) electrons. The summed E-state index contributed by atoms with van der Waals surface area (Å²) in [4.78, 5) is 18.9. The number of benzene rings is 2. The molecule has 1 aliphatic rings. The third-order valence-electron chi connectivity index (χ3n) is 5.50. The van der Waals surface area contributed by atoms with Crippen molar-refractivity contribution in [1.82, 2.24) is 15.2 Å². The van der Waals surface area contributed by atoms with E-state index < -0.39 is 0 Å². The van der Waals surface area contributed by atoms with Gasteiger partial charge in [-0.2, -0.15) is 0 Å².